The number of fused-ring (bicyclic) bond motifs is 1. The second kappa shape index (κ2) is 8.53. The molecule has 1 fully saturated rings. The summed E-state index contributed by atoms with van der Waals surface area (Å²) in [6, 6.07) is 17.0. The minimum absolute atomic E-state index is 0.508. The van der Waals surface area contributed by atoms with Crippen LogP contribution in [0.25, 0.3) is 22.4 Å². The molecule has 1 saturated carbocycles. The van der Waals surface area contributed by atoms with Gasteiger partial charge in [-0.3, -0.25) is 4.98 Å². The van der Waals surface area contributed by atoms with Crippen molar-refractivity contribution in [3.8, 4) is 11.3 Å². The number of benzene rings is 1. The molecule has 0 bridgehead atoms. The molecule has 0 unspecified atom stereocenters. The smallest absolute Gasteiger partial charge is 0.202 e. The van der Waals surface area contributed by atoms with Gasteiger partial charge >= 0.3 is 0 Å². The van der Waals surface area contributed by atoms with E-state index in [4.69, 9.17) is 0 Å². The molecular weight excluding hydrogens is 372 g/mol. The predicted molar refractivity (Wildman–Crippen MR) is 121 cm³/mol. The summed E-state index contributed by atoms with van der Waals surface area (Å²) in [4.78, 5) is 16.9. The average molecular weight is 399 g/mol. The zero-order valence-corrected chi connectivity index (χ0v) is 16.9. The largest absolute Gasteiger partial charge is 0.379 e. The van der Waals surface area contributed by atoms with Crippen LogP contribution in [0.15, 0.2) is 60.9 Å². The van der Waals surface area contributed by atoms with Crippen LogP contribution in [0.1, 0.15) is 37.7 Å². The van der Waals surface area contributed by atoms with E-state index in [-0.39, 0.29) is 0 Å². The monoisotopic (exact) mass is 398 g/mol. The quantitative estimate of drug-likeness (QED) is 0.407. The van der Waals surface area contributed by atoms with E-state index in [1.807, 2.05) is 30.5 Å². The van der Waals surface area contributed by atoms with Crippen LogP contribution in [0, 0.1) is 0 Å². The molecule has 0 aliphatic heterocycles. The number of aromatic amines is 1. The van der Waals surface area contributed by atoms with Crippen molar-refractivity contribution in [3.63, 3.8) is 0 Å². The third kappa shape index (κ3) is 4.13. The van der Waals surface area contributed by atoms with Gasteiger partial charge in [0.2, 0.25) is 5.95 Å². The summed E-state index contributed by atoms with van der Waals surface area (Å²) in [6.07, 6.45) is 9.98. The number of anilines is 2. The summed E-state index contributed by atoms with van der Waals surface area (Å²) in [5.74, 6) is 0.818. The number of pyridine rings is 2. The first-order chi connectivity index (χ1) is 14.8. The van der Waals surface area contributed by atoms with Gasteiger partial charge in [0, 0.05) is 30.5 Å². The van der Waals surface area contributed by atoms with E-state index in [1.165, 1.54) is 37.7 Å². The molecular formula is C24H26N6. The van der Waals surface area contributed by atoms with Crippen LogP contribution >= 0.6 is 0 Å². The molecule has 6 heteroatoms. The molecule has 3 heterocycles. The van der Waals surface area contributed by atoms with Crippen molar-refractivity contribution in [1.29, 1.82) is 0 Å². The van der Waals surface area contributed by atoms with Gasteiger partial charge in [-0.05, 0) is 36.6 Å². The molecule has 1 aliphatic rings. The first-order valence-electron chi connectivity index (χ1n) is 10.7. The fourth-order valence-electron chi connectivity index (χ4n) is 4.09. The first kappa shape index (κ1) is 18.6. The minimum Gasteiger partial charge on any atom is -0.379 e. The fraction of sp³-hybridized carbons (Fsp3) is 0.292. The maximum Gasteiger partial charge on any atom is 0.202 e. The number of hydrogen-bond donors (Lipinski definition) is 3. The fourth-order valence-corrected chi connectivity index (χ4v) is 4.09. The lowest BCUT2D eigenvalue weighted by Crippen LogP contribution is -2.22. The van der Waals surface area contributed by atoms with E-state index < -0.39 is 0 Å². The molecule has 1 aliphatic carbocycles. The minimum atomic E-state index is 0.508. The Kier molecular flexibility index (Phi) is 5.29. The van der Waals surface area contributed by atoms with Crippen molar-refractivity contribution in [2.45, 2.75) is 44.7 Å². The van der Waals surface area contributed by atoms with Gasteiger partial charge in [-0.25, -0.2) is 4.98 Å². The van der Waals surface area contributed by atoms with Crippen LogP contribution in [0.3, 0.4) is 0 Å². The van der Waals surface area contributed by atoms with Crippen LogP contribution in [0.4, 0.5) is 11.6 Å². The van der Waals surface area contributed by atoms with E-state index in [1.54, 1.807) is 6.20 Å². The van der Waals surface area contributed by atoms with Crippen molar-refractivity contribution in [1.82, 2.24) is 19.9 Å². The Morgan fingerprint density at radius 2 is 1.77 bits per heavy atom. The Balaban J connectivity index is 1.28. The summed E-state index contributed by atoms with van der Waals surface area (Å²) in [5, 5.41) is 7.08. The Morgan fingerprint density at radius 1 is 0.900 bits per heavy atom. The number of H-pyrrole nitrogens is 1. The van der Waals surface area contributed by atoms with E-state index in [9.17, 15) is 0 Å². The number of nitrogens with zero attached hydrogens (tertiary/aromatic N) is 3. The zero-order chi connectivity index (χ0) is 20.2. The molecule has 30 heavy (non-hydrogen) atoms. The highest BCUT2D eigenvalue weighted by Gasteiger charge is 2.15. The standard InChI is InChI=1S/C24H26N6/c1-2-6-19(7-3-1)28-24-29-22-21(13-15-26-23(22)30-24)27-16-17-9-11-18(12-10-17)20-8-4-5-14-25-20/h4-5,8-15,19H,1-3,6-7,16H2,(H3,26,27,28,29,30). The van der Waals surface area contributed by atoms with Crippen molar-refractivity contribution < 1.29 is 0 Å². The first-order valence-corrected chi connectivity index (χ1v) is 10.7. The summed E-state index contributed by atoms with van der Waals surface area (Å²) in [6.45, 7) is 0.728. The van der Waals surface area contributed by atoms with Gasteiger partial charge in [0.25, 0.3) is 0 Å². The van der Waals surface area contributed by atoms with Gasteiger partial charge in [-0.15, -0.1) is 0 Å². The molecule has 0 atom stereocenters. The lowest BCUT2D eigenvalue weighted by atomic mass is 9.96. The van der Waals surface area contributed by atoms with Crippen LogP contribution in [0.5, 0.6) is 0 Å². The highest BCUT2D eigenvalue weighted by atomic mass is 15.2. The lowest BCUT2D eigenvalue weighted by Gasteiger charge is -2.22. The molecule has 0 radical (unpaired) electrons. The molecule has 3 aromatic heterocycles. The Morgan fingerprint density at radius 3 is 2.57 bits per heavy atom. The number of hydrogen-bond acceptors (Lipinski definition) is 5. The Hall–Kier alpha value is -3.41. The summed E-state index contributed by atoms with van der Waals surface area (Å²) >= 11 is 0. The topological polar surface area (TPSA) is 78.5 Å². The number of aromatic nitrogens is 4. The van der Waals surface area contributed by atoms with E-state index in [0.717, 1.165) is 40.6 Å². The maximum atomic E-state index is 4.64. The van der Waals surface area contributed by atoms with Crippen molar-refractivity contribution in [2.75, 3.05) is 10.6 Å². The lowest BCUT2D eigenvalue weighted by molar-refractivity contribution is 0.461. The Bertz CT molecular complexity index is 1100. The number of rotatable bonds is 6. The molecule has 1 aromatic carbocycles. The van der Waals surface area contributed by atoms with Gasteiger partial charge in [-0.2, -0.15) is 4.98 Å². The van der Waals surface area contributed by atoms with Crippen LogP contribution in [0.2, 0.25) is 0 Å². The van der Waals surface area contributed by atoms with Crippen LogP contribution in [-0.4, -0.2) is 26.0 Å². The second-order valence-electron chi connectivity index (χ2n) is 7.89. The van der Waals surface area contributed by atoms with Gasteiger partial charge < -0.3 is 15.6 Å². The molecule has 5 rings (SSSR count). The molecule has 0 saturated heterocycles. The van der Waals surface area contributed by atoms with Crippen LogP contribution < -0.4 is 10.6 Å². The summed E-state index contributed by atoms with van der Waals surface area (Å²) < 4.78 is 0. The zero-order valence-electron chi connectivity index (χ0n) is 16.9. The molecule has 0 spiro atoms. The summed E-state index contributed by atoms with van der Waals surface area (Å²) in [7, 11) is 0. The molecule has 3 N–H and O–H groups in total. The summed E-state index contributed by atoms with van der Waals surface area (Å²) in [5.41, 5.74) is 6.02. The van der Waals surface area contributed by atoms with Gasteiger partial charge in [0.15, 0.2) is 5.65 Å². The average Bonchev–Trinajstić information content (AvgIpc) is 3.22. The van der Waals surface area contributed by atoms with Gasteiger partial charge in [-0.1, -0.05) is 49.6 Å². The second-order valence-corrected chi connectivity index (χ2v) is 7.89. The molecule has 6 nitrogen and oxygen atoms in total. The molecule has 0 amide bonds. The predicted octanol–water partition coefficient (Wildman–Crippen LogP) is 5.38. The third-order valence-corrected chi connectivity index (χ3v) is 5.74. The molecule has 4 aromatic rings. The van der Waals surface area contributed by atoms with Crippen molar-refractivity contribution in [2.24, 2.45) is 0 Å². The normalized spacial score (nSPS) is 14.7. The highest BCUT2D eigenvalue weighted by Crippen LogP contribution is 2.25. The van der Waals surface area contributed by atoms with Crippen molar-refractivity contribution >= 4 is 22.8 Å². The Labute approximate surface area is 176 Å². The number of imidazole rings is 1. The van der Waals surface area contributed by atoms with E-state index >= 15 is 0 Å². The van der Waals surface area contributed by atoms with Gasteiger partial charge in [0.05, 0.1) is 11.4 Å². The highest BCUT2D eigenvalue weighted by molar-refractivity contribution is 5.86. The number of nitrogens with one attached hydrogen (secondary N) is 3. The van der Waals surface area contributed by atoms with E-state index in [2.05, 4.69) is 54.8 Å². The van der Waals surface area contributed by atoms with Crippen LogP contribution in [-0.2, 0) is 6.54 Å². The SMILES string of the molecule is c1ccc(-c2ccc(CNc3ccnc4nc(NC5CCCCC5)[nH]c34)cc2)nc1. The maximum absolute atomic E-state index is 4.64. The van der Waals surface area contributed by atoms with Crippen molar-refractivity contribution in [3.05, 3.63) is 66.5 Å². The van der Waals surface area contributed by atoms with E-state index in [0.29, 0.717) is 6.04 Å². The van der Waals surface area contributed by atoms with Gasteiger partial charge in [0.1, 0.15) is 5.52 Å². The third-order valence-electron chi connectivity index (χ3n) is 5.74. The molecule has 152 valence electrons.